The summed E-state index contributed by atoms with van der Waals surface area (Å²) in [5.74, 6) is -0.674. The SMILES string of the molecule is COC(=O)C(C)(O)CN1CCOC(C#N)C1. The Morgan fingerprint density at radius 3 is 3.06 bits per heavy atom. The van der Waals surface area contributed by atoms with Crippen molar-refractivity contribution in [2.45, 2.75) is 18.6 Å². The van der Waals surface area contributed by atoms with E-state index in [2.05, 4.69) is 4.74 Å². The van der Waals surface area contributed by atoms with E-state index in [-0.39, 0.29) is 6.54 Å². The third kappa shape index (κ3) is 3.17. The zero-order chi connectivity index (χ0) is 12.2. The lowest BCUT2D eigenvalue weighted by atomic mass is 10.1. The van der Waals surface area contributed by atoms with Crippen LogP contribution >= 0.6 is 0 Å². The highest BCUT2D eigenvalue weighted by Crippen LogP contribution is 2.12. The minimum absolute atomic E-state index is 0.140. The molecule has 0 spiro atoms. The lowest BCUT2D eigenvalue weighted by Gasteiger charge is -2.33. The Balaban J connectivity index is 2.53. The van der Waals surface area contributed by atoms with Crippen molar-refractivity contribution in [1.29, 1.82) is 5.26 Å². The van der Waals surface area contributed by atoms with Gasteiger partial charge in [0.1, 0.15) is 0 Å². The van der Waals surface area contributed by atoms with Crippen molar-refractivity contribution < 1.29 is 19.4 Å². The Hall–Kier alpha value is -1.16. The van der Waals surface area contributed by atoms with E-state index in [1.54, 1.807) is 0 Å². The monoisotopic (exact) mass is 228 g/mol. The summed E-state index contributed by atoms with van der Waals surface area (Å²) in [6.45, 7) is 2.95. The Kier molecular flexibility index (Phi) is 4.24. The first-order chi connectivity index (χ1) is 7.49. The molecule has 0 radical (unpaired) electrons. The van der Waals surface area contributed by atoms with Crippen molar-refractivity contribution in [2.24, 2.45) is 0 Å². The van der Waals surface area contributed by atoms with Gasteiger partial charge in [0.25, 0.3) is 0 Å². The molecule has 0 saturated carbocycles. The summed E-state index contributed by atoms with van der Waals surface area (Å²) < 4.78 is 9.66. The number of rotatable bonds is 3. The number of β-amino-alcohol motifs (C(OH)–C–C–N with tert-alkyl or cyclic N) is 1. The second kappa shape index (κ2) is 5.25. The van der Waals surface area contributed by atoms with Crippen molar-refractivity contribution in [1.82, 2.24) is 4.90 Å². The van der Waals surface area contributed by atoms with Crippen LogP contribution < -0.4 is 0 Å². The molecule has 0 aliphatic carbocycles. The fourth-order valence-corrected chi connectivity index (χ4v) is 1.64. The van der Waals surface area contributed by atoms with Gasteiger partial charge in [-0.25, -0.2) is 4.79 Å². The van der Waals surface area contributed by atoms with Gasteiger partial charge in [-0.05, 0) is 6.92 Å². The van der Waals surface area contributed by atoms with Gasteiger partial charge in [0.05, 0.1) is 19.8 Å². The van der Waals surface area contributed by atoms with Crippen LogP contribution in [0.3, 0.4) is 0 Å². The van der Waals surface area contributed by atoms with Crippen LogP contribution in [0.2, 0.25) is 0 Å². The third-order valence-corrected chi connectivity index (χ3v) is 2.45. The third-order valence-electron chi connectivity index (χ3n) is 2.45. The Morgan fingerprint density at radius 2 is 2.50 bits per heavy atom. The Morgan fingerprint density at radius 1 is 1.81 bits per heavy atom. The number of nitriles is 1. The number of aliphatic hydroxyl groups is 1. The predicted molar refractivity (Wildman–Crippen MR) is 54.4 cm³/mol. The summed E-state index contributed by atoms with van der Waals surface area (Å²) >= 11 is 0. The van der Waals surface area contributed by atoms with Crippen molar-refractivity contribution in [3.63, 3.8) is 0 Å². The van der Waals surface area contributed by atoms with Gasteiger partial charge in [-0.1, -0.05) is 0 Å². The topological polar surface area (TPSA) is 82.8 Å². The molecule has 6 nitrogen and oxygen atoms in total. The van der Waals surface area contributed by atoms with Gasteiger partial charge >= 0.3 is 5.97 Å². The molecule has 2 atom stereocenters. The Labute approximate surface area is 94.4 Å². The average Bonchev–Trinajstić information content (AvgIpc) is 2.27. The molecule has 1 rings (SSSR count). The van der Waals surface area contributed by atoms with Crippen LogP contribution in [-0.2, 0) is 14.3 Å². The Bertz CT molecular complexity index is 298. The molecular formula is C10H16N2O4. The number of methoxy groups -OCH3 is 1. The number of esters is 1. The standard InChI is InChI=1S/C10H16N2O4/c1-10(14,9(13)15-2)7-12-3-4-16-8(5-11)6-12/h8,14H,3-4,6-7H2,1-2H3. The highest BCUT2D eigenvalue weighted by molar-refractivity contribution is 5.78. The number of carbonyl (C=O) groups is 1. The van der Waals surface area contributed by atoms with Gasteiger partial charge in [-0.2, -0.15) is 5.26 Å². The predicted octanol–water partition coefficient (Wildman–Crippen LogP) is -0.865. The van der Waals surface area contributed by atoms with Crippen LogP contribution in [0, 0.1) is 11.3 Å². The van der Waals surface area contributed by atoms with E-state index >= 15 is 0 Å². The lowest BCUT2D eigenvalue weighted by molar-refractivity contribution is -0.163. The van der Waals surface area contributed by atoms with Gasteiger partial charge in [-0.15, -0.1) is 0 Å². The van der Waals surface area contributed by atoms with Gasteiger partial charge in [0, 0.05) is 19.6 Å². The highest BCUT2D eigenvalue weighted by Gasteiger charge is 2.35. The van der Waals surface area contributed by atoms with Gasteiger partial charge in [0.2, 0.25) is 0 Å². The molecule has 0 aromatic carbocycles. The first kappa shape index (κ1) is 12.9. The summed E-state index contributed by atoms with van der Waals surface area (Å²) in [6, 6.07) is 2.00. The molecule has 0 bridgehead atoms. The van der Waals surface area contributed by atoms with E-state index in [1.165, 1.54) is 14.0 Å². The number of hydrogen-bond acceptors (Lipinski definition) is 6. The van der Waals surface area contributed by atoms with Crippen LogP contribution in [-0.4, -0.2) is 61.0 Å². The van der Waals surface area contributed by atoms with Gasteiger partial charge in [-0.3, -0.25) is 4.90 Å². The van der Waals surface area contributed by atoms with Gasteiger partial charge in [0.15, 0.2) is 11.7 Å². The molecule has 2 unspecified atom stereocenters. The zero-order valence-electron chi connectivity index (χ0n) is 9.47. The molecule has 16 heavy (non-hydrogen) atoms. The molecule has 1 saturated heterocycles. The number of carbonyl (C=O) groups excluding carboxylic acids is 1. The average molecular weight is 228 g/mol. The van der Waals surface area contributed by atoms with Crippen LogP contribution in [0.15, 0.2) is 0 Å². The van der Waals surface area contributed by atoms with Crippen LogP contribution in [0.25, 0.3) is 0 Å². The fourth-order valence-electron chi connectivity index (χ4n) is 1.64. The molecule has 1 N–H and O–H groups in total. The van der Waals surface area contributed by atoms with E-state index in [0.717, 1.165) is 0 Å². The van der Waals surface area contributed by atoms with Crippen molar-refractivity contribution in [3.8, 4) is 6.07 Å². The number of nitrogens with zero attached hydrogens (tertiary/aromatic N) is 2. The fraction of sp³-hybridized carbons (Fsp3) is 0.800. The highest BCUT2D eigenvalue weighted by atomic mass is 16.5. The van der Waals surface area contributed by atoms with E-state index in [0.29, 0.717) is 19.7 Å². The summed E-state index contributed by atoms with van der Waals surface area (Å²) in [7, 11) is 1.23. The quantitative estimate of drug-likeness (QED) is 0.632. The maximum Gasteiger partial charge on any atom is 0.338 e. The molecule has 1 aliphatic heterocycles. The van der Waals surface area contributed by atoms with E-state index < -0.39 is 17.7 Å². The molecule has 90 valence electrons. The van der Waals surface area contributed by atoms with Crippen molar-refractivity contribution >= 4 is 5.97 Å². The normalized spacial score (nSPS) is 25.5. The van der Waals surface area contributed by atoms with Crippen LogP contribution in [0.5, 0.6) is 0 Å². The maximum atomic E-state index is 11.3. The van der Waals surface area contributed by atoms with E-state index in [9.17, 15) is 9.90 Å². The molecule has 6 heteroatoms. The second-order valence-corrected chi connectivity index (χ2v) is 3.99. The number of ether oxygens (including phenoxy) is 2. The summed E-state index contributed by atoms with van der Waals surface area (Å²) in [5.41, 5.74) is -1.55. The van der Waals surface area contributed by atoms with E-state index in [4.69, 9.17) is 10.00 Å². The maximum absolute atomic E-state index is 11.3. The number of morpholine rings is 1. The summed E-state index contributed by atoms with van der Waals surface area (Å²) in [5, 5.41) is 18.6. The molecule has 0 aromatic rings. The van der Waals surface area contributed by atoms with Crippen LogP contribution in [0.1, 0.15) is 6.92 Å². The van der Waals surface area contributed by atoms with Crippen molar-refractivity contribution in [2.75, 3.05) is 33.4 Å². The smallest absolute Gasteiger partial charge is 0.338 e. The molecule has 0 amide bonds. The first-order valence-electron chi connectivity index (χ1n) is 5.04. The largest absolute Gasteiger partial charge is 0.467 e. The molecule has 1 heterocycles. The summed E-state index contributed by atoms with van der Waals surface area (Å²) in [4.78, 5) is 13.1. The molecule has 1 fully saturated rings. The minimum atomic E-state index is -1.55. The number of hydrogen-bond donors (Lipinski definition) is 1. The first-order valence-corrected chi connectivity index (χ1v) is 5.04. The van der Waals surface area contributed by atoms with E-state index in [1.807, 2.05) is 11.0 Å². The van der Waals surface area contributed by atoms with Crippen molar-refractivity contribution in [3.05, 3.63) is 0 Å². The summed E-state index contributed by atoms with van der Waals surface area (Å²) in [6.07, 6.45) is -0.498. The lowest BCUT2D eigenvalue weighted by Crippen LogP contribution is -2.52. The van der Waals surface area contributed by atoms with Gasteiger partial charge < -0.3 is 14.6 Å². The minimum Gasteiger partial charge on any atom is -0.467 e. The van der Waals surface area contributed by atoms with Crippen LogP contribution in [0.4, 0.5) is 0 Å². The molecular weight excluding hydrogens is 212 g/mol. The molecule has 1 aliphatic rings. The molecule has 0 aromatic heterocycles. The zero-order valence-corrected chi connectivity index (χ0v) is 9.47. The second-order valence-electron chi connectivity index (χ2n) is 3.99.